The largest absolute Gasteiger partial charge is 0.496 e. The van der Waals surface area contributed by atoms with Gasteiger partial charge in [-0.2, -0.15) is 0 Å². The van der Waals surface area contributed by atoms with Crippen LogP contribution in [0.3, 0.4) is 0 Å². The number of nitrogens with one attached hydrogen (secondary N) is 1. The van der Waals surface area contributed by atoms with Crippen molar-refractivity contribution in [1.82, 2.24) is 9.88 Å². The van der Waals surface area contributed by atoms with E-state index in [1.807, 2.05) is 6.20 Å². The molecule has 1 aliphatic heterocycles. The molecule has 1 aromatic carbocycles. The third-order valence-electron chi connectivity index (χ3n) is 6.41. The van der Waals surface area contributed by atoms with Crippen molar-refractivity contribution in [3.05, 3.63) is 29.5 Å². The monoisotopic (exact) mass is 326 g/mol. The Balaban J connectivity index is 1.49. The molecular formula is C21H30N2O. The lowest BCUT2D eigenvalue weighted by molar-refractivity contribution is 0.142. The lowest BCUT2D eigenvalue weighted by atomic mass is 9.83. The summed E-state index contributed by atoms with van der Waals surface area (Å²) in [6.45, 7) is 5.64. The van der Waals surface area contributed by atoms with Gasteiger partial charge in [-0.3, -0.25) is 4.90 Å². The van der Waals surface area contributed by atoms with E-state index in [0.717, 1.165) is 24.1 Å². The summed E-state index contributed by atoms with van der Waals surface area (Å²) >= 11 is 0. The van der Waals surface area contributed by atoms with Crippen molar-refractivity contribution >= 4 is 10.9 Å². The molecule has 0 spiro atoms. The molecule has 1 N–H and O–H groups in total. The van der Waals surface area contributed by atoms with Crippen LogP contribution in [-0.2, 0) is 6.54 Å². The number of ether oxygens (including phenoxy) is 1. The Labute approximate surface area is 145 Å². The normalized spacial score (nSPS) is 20.9. The molecule has 1 saturated heterocycles. The van der Waals surface area contributed by atoms with Crippen LogP contribution in [0.4, 0.5) is 0 Å². The quantitative estimate of drug-likeness (QED) is 0.866. The van der Waals surface area contributed by atoms with Gasteiger partial charge in [0.2, 0.25) is 0 Å². The van der Waals surface area contributed by atoms with Gasteiger partial charge in [0, 0.05) is 29.2 Å². The van der Waals surface area contributed by atoms with Crippen LogP contribution in [0.1, 0.15) is 49.7 Å². The van der Waals surface area contributed by atoms with Crippen molar-refractivity contribution < 1.29 is 4.74 Å². The molecule has 130 valence electrons. The molecule has 0 atom stereocenters. The smallest absolute Gasteiger partial charge is 0.124 e. The lowest BCUT2D eigenvalue weighted by Gasteiger charge is -2.35. The Morgan fingerprint density at radius 3 is 2.54 bits per heavy atom. The van der Waals surface area contributed by atoms with Gasteiger partial charge in [0.15, 0.2) is 0 Å². The molecule has 2 heterocycles. The number of hydrogen-bond donors (Lipinski definition) is 1. The summed E-state index contributed by atoms with van der Waals surface area (Å²) in [6, 6.07) is 4.38. The van der Waals surface area contributed by atoms with Gasteiger partial charge in [0.05, 0.1) is 7.11 Å². The number of fused-ring (bicyclic) bond motifs is 1. The number of methoxy groups -OCH3 is 1. The van der Waals surface area contributed by atoms with Gasteiger partial charge in [-0.05, 0) is 62.4 Å². The Morgan fingerprint density at radius 1 is 1.12 bits per heavy atom. The van der Waals surface area contributed by atoms with Crippen LogP contribution in [0.15, 0.2) is 18.3 Å². The fraction of sp³-hybridized carbons (Fsp3) is 0.619. The number of aryl methyl sites for hydroxylation is 1. The predicted molar refractivity (Wildman–Crippen MR) is 99.5 cm³/mol. The van der Waals surface area contributed by atoms with Crippen molar-refractivity contribution in [2.45, 2.75) is 52.0 Å². The maximum Gasteiger partial charge on any atom is 0.124 e. The van der Waals surface area contributed by atoms with E-state index in [0.29, 0.717) is 0 Å². The third-order valence-corrected chi connectivity index (χ3v) is 6.41. The first-order chi connectivity index (χ1) is 11.8. The number of benzene rings is 1. The van der Waals surface area contributed by atoms with Gasteiger partial charge >= 0.3 is 0 Å². The van der Waals surface area contributed by atoms with Gasteiger partial charge in [-0.15, -0.1) is 0 Å². The van der Waals surface area contributed by atoms with Gasteiger partial charge < -0.3 is 9.72 Å². The second kappa shape index (κ2) is 6.79. The first-order valence-corrected chi connectivity index (χ1v) is 9.62. The second-order valence-electron chi connectivity index (χ2n) is 7.80. The lowest BCUT2D eigenvalue weighted by Crippen LogP contribution is -2.35. The maximum absolute atomic E-state index is 5.71. The van der Waals surface area contributed by atoms with E-state index in [2.05, 4.69) is 28.9 Å². The number of aromatic nitrogens is 1. The van der Waals surface area contributed by atoms with Crippen molar-refractivity contribution in [3.8, 4) is 5.75 Å². The molecule has 1 saturated carbocycles. The first kappa shape index (κ1) is 16.0. The minimum atomic E-state index is 0.982. The summed E-state index contributed by atoms with van der Waals surface area (Å²) in [5, 5.41) is 1.32. The molecule has 4 rings (SSSR count). The average molecular weight is 326 g/mol. The highest BCUT2D eigenvalue weighted by atomic mass is 16.5. The van der Waals surface area contributed by atoms with E-state index < -0.39 is 0 Å². The van der Waals surface area contributed by atoms with Crippen LogP contribution in [0.5, 0.6) is 5.75 Å². The van der Waals surface area contributed by atoms with Crippen LogP contribution >= 0.6 is 0 Å². The number of piperidine rings is 1. The molecule has 0 unspecified atom stereocenters. The molecule has 3 nitrogen and oxygen atoms in total. The van der Waals surface area contributed by atoms with Crippen molar-refractivity contribution in [2.24, 2.45) is 11.8 Å². The highest BCUT2D eigenvalue weighted by Gasteiger charge is 2.29. The molecule has 3 heteroatoms. The molecule has 2 aliphatic rings. The highest BCUT2D eigenvalue weighted by Crippen LogP contribution is 2.38. The van der Waals surface area contributed by atoms with Gasteiger partial charge in [0.25, 0.3) is 0 Å². The molecule has 1 aromatic heterocycles. The van der Waals surface area contributed by atoms with E-state index >= 15 is 0 Å². The standard InChI is InChI=1S/C21H30N2O/c1-15-13-20(24-2)19(18-7-10-22-21(15)18)14-23-11-8-17(9-12-23)16-5-3-4-6-16/h7,10,13,16-17,22H,3-6,8-9,11-12,14H2,1-2H3. The molecule has 2 fully saturated rings. The van der Waals surface area contributed by atoms with E-state index in [-0.39, 0.29) is 0 Å². The van der Waals surface area contributed by atoms with Crippen LogP contribution in [-0.4, -0.2) is 30.1 Å². The van der Waals surface area contributed by atoms with E-state index in [9.17, 15) is 0 Å². The average Bonchev–Trinajstić information content (AvgIpc) is 3.29. The zero-order valence-electron chi connectivity index (χ0n) is 15.1. The van der Waals surface area contributed by atoms with Gasteiger partial charge in [-0.1, -0.05) is 25.7 Å². The zero-order valence-corrected chi connectivity index (χ0v) is 15.1. The molecule has 0 bridgehead atoms. The number of aromatic amines is 1. The van der Waals surface area contributed by atoms with Crippen LogP contribution in [0.2, 0.25) is 0 Å². The summed E-state index contributed by atoms with van der Waals surface area (Å²) in [5.74, 6) is 3.05. The summed E-state index contributed by atoms with van der Waals surface area (Å²) in [5.41, 5.74) is 3.86. The first-order valence-electron chi connectivity index (χ1n) is 9.62. The van der Waals surface area contributed by atoms with Crippen molar-refractivity contribution in [3.63, 3.8) is 0 Å². The number of hydrogen-bond acceptors (Lipinski definition) is 2. The SMILES string of the molecule is COc1cc(C)c2[nH]ccc2c1CN1CCC(C2CCCC2)CC1. The minimum Gasteiger partial charge on any atom is -0.496 e. The number of likely N-dealkylation sites (tertiary alicyclic amines) is 1. The Kier molecular flexibility index (Phi) is 4.53. The van der Waals surface area contributed by atoms with Crippen LogP contribution in [0.25, 0.3) is 10.9 Å². The molecular weight excluding hydrogens is 296 g/mol. The molecule has 0 radical (unpaired) electrons. The van der Waals surface area contributed by atoms with E-state index in [1.54, 1.807) is 7.11 Å². The molecule has 1 aliphatic carbocycles. The fourth-order valence-electron chi connectivity index (χ4n) is 5.02. The zero-order chi connectivity index (χ0) is 16.5. The van der Waals surface area contributed by atoms with Gasteiger partial charge in [-0.25, -0.2) is 0 Å². The molecule has 24 heavy (non-hydrogen) atoms. The summed E-state index contributed by atoms with van der Waals surface area (Å²) < 4.78 is 5.71. The number of rotatable bonds is 4. The van der Waals surface area contributed by atoms with Crippen molar-refractivity contribution in [1.29, 1.82) is 0 Å². The van der Waals surface area contributed by atoms with E-state index in [4.69, 9.17) is 4.74 Å². The van der Waals surface area contributed by atoms with Crippen LogP contribution < -0.4 is 4.74 Å². The third kappa shape index (κ3) is 2.95. The molecule has 0 amide bonds. The van der Waals surface area contributed by atoms with E-state index in [1.165, 1.54) is 73.6 Å². The summed E-state index contributed by atoms with van der Waals surface area (Å²) in [6.07, 6.45) is 10.7. The summed E-state index contributed by atoms with van der Waals surface area (Å²) in [4.78, 5) is 6.02. The Morgan fingerprint density at radius 2 is 1.83 bits per heavy atom. The fourth-order valence-corrected chi connectivity index (χ4v) is 5.02. The Bertz CT molecular complexity index is 691. The Hall–Kier alpha value is -1.48. The number of H-pyrrole nitrogens is 1. The predicted octanol–water partition coefficient (Wildman–Crippen LogP) is 4.89. The number of nitrogens with zero attached hydrogens (tertiary/aromatic N) is 1. The topological polar surface area (TPSA) is 28.3 Å². The van der Waals surface area contributed by atoms with Gasteiger partial charge in [0.1, 0.15) is 5.75 Å². The maximum atomic E-state index is 5.71. The molecule has 2 aromatic rings. The summed E-state index contributed by atoms with van der Waals surface area (Å²) in [7, 11) is 1.79. The minimum absolute atomic E-state index is 0.982. The highest BCUT2D eigenvalue weighted by molar-refractivity contribution is 5.88. The van der Waals surface area contributed by atoms with Crippen LogP contribution in [0, 0.1) is 18.8 Å². The second-order valence-corrected chi connectivity index (χ2v) is 7.80. The van der Waals surface area contributed by atoms with Crippen molar-refractivity contribution in [2.75, 3.05) is 20.2 Å².